The van der Waals surface area contributed by atoms with E-state index in [1.54, 1.807) is 0 Å². The number of nitrogens with zero attached hydrogens (tertiary/aromatic N) is 2. The van der Waals surface area contributed by atoms with Gasteiger partial charge in [-0.15, -0.1) is 5.10 Å². The van der Waals surface area contributed by atoms with E-state index in [1.165, 1.54) is 0 Å². The first-order valence-electron chi connectivity index (χ1n) is 6.38. The molecule has 0 bridgehead atoms. The van der Waals surface area contributed by atoms with Crippen molar-refractivity contribution in [2.24, 2.45) is 0 Å². The highest BCUT2D eigenvalue weighted by Gasteiger charge is 2.27. The van der Waals surface area contributed by atoms with Crippen molar-refractivity contribution in [2.45, 2.75) is 25.2 Å². The molecule has 1 aromatic heterocycles. The number of amides is 1. The molecule has 110 valence electrons. The minimum absolute atomic E-state index is 0.0879. The molecule has 1 aliphatic carbocycles. The lowest BCUT2D eigenvalue weighted by Crippen LogP contribution is -2.16. The van der Waals surface area contributed by atoms with Crippen molar-refractivity contribution in [1.82, 2.24) is 15.2 Å². The number of hydrogen-bond donors (Lipinski definition) is 2. The third-order valence-electron chi connectivity index (χ3n) is 3.16. The molecule has 1 heterocycles. The van der Waals surface area contributed by atoms with Crippen molar-refractivity contribution < 1.29 is 18.0 Å². The number of aromatic nitrogens is 3. The molecule has 1 amide bonds. The lowest BCUT2D eigenvalue weighted by atomic mass is 10.1. The van der Waals surface area contributed by atoms with Gasteiger partial charge in [0.25, 0.3) is 0 Å². The SMILES string of the molecule is O=C(Cc1cc(F)c(F)cc1F)Nc1n[nH]c(C2CC2)n1. The Morgan fingerprint density at radius 2 is 1.95 bits per heavy atom. The summed E-state index contributed by atoms with van der Waals surface area (Å²) in [4.78, 5) is 15.8. The fraction of sp³-hybridized carbons (Fsp3) is 0.308. The molecule has 0 saturated heterocycles. The van der Waals surface area contributed by atoms with Gasteiger partial charge in [0.05, 0.1) is 6.42 Å². The first-order chi connectivity index (χ1) is 10.0. The Hall–Kier alpha value is -2.38. The zero-order valence-corrected chi connectivity index (χ0v) is 10.8. The number of benzene rings is 1. The van der Waals surface area contributed by atoms with Gasteiger partial charge in [0.15, 0.2) is 11.6 Å². The summed E-state index contributed by atoms with van der Waals surface area (Å²) in [7, 11) is 0. The van der Waals surface area contributed by atoms with E-state index in [0.29, 0.717) is 23.9 Å². The summed E-state index contributed by atoms with van der Waals surface area (Å²) in [5.41, 5.74) is -0.232. The number of carbonyl (C=O) groups is 1. The molecule has 1 aliphatic rings. The summed E-state index contributed by atoms with van der Waals surface area (Å²) in [5.74, 6) is -2.94. The van der Waals surface area contributed by atoms with Crippen LogP contribution < -0.4 is 5.32 Å². The van der Waals surface area contributed by atoms with Crippen molar-refractivity contribution in [3.8, 4) is 0 Å². The van der Waals surface area contributed by atoms with Gasteiger partial charge in [-0.25, -0.2) is 13.2 Å². The van der Waals surface area contributed by atoms with E-state index in [0.717, 1.165) is 12.8 Å². The quantitative estimate of drug-likeness (QED) is 0.850. The molecule has 0 radical (unpaired) electrons. The lowest BCUT2D eigenvalue weighted by molar-refractivity contribution is -0.115. The number of rotatable bonds is 4. The van der Waals surface area contributed by atoms with Gasteiger partial charge in [-0.1, -0.05) is 0 Å². The van der Waals surface area contributed by atoms with E-state index in [4.69, 9.17) is 0 Å². The van der Waals surface area contributed by atoms with Gasteiger partial charge in [-0.2, -0.15) is 4.98 Å². The summed E-state index contributed by atoms with van der Waals surface area (Å²) < 4.78 is 39.2. The second-order valence-corrected chi connectivity index (χ2v) is 4.90. The van der Waals surface area contributed by atoms with Crippen molar-refractivity contribution >= 4 is 11.9 Å². The largest absolute Gasteiger partial charge is 0.293 e. The molecule has 0 spiro atoms. The fourth-order valence-electron chi connectivity index (χ4n) is 1.91. The second kappa shape index (κ2) is 5.19. The molecule has 5 nitrogen and oxygen atoms in total. The van der Waals surface area contributed by atoms with Crippen molar-refractivity contribution in [2.75, 3.05) is 5.32 Å². The molecule has 21 heavy (non-hydrogen) atoms. The van der Waals surface area contributed by atoms with Crippen LogP contribution in [-0.4, -0.2) is 21.1 Å². The summed E-state index contributed by atoms with van der Waals surface area (Å²) in [6.07, 6.45) is 1.63. The van der Waals surface area contributed by atoms with Crippen LogP contribution in [0, 0.1) is 17.5 Å². The van der Waals surface area contributed by atoms with E-state index in [1.807, 2.05) is 0 Å². The Labute approximate surface area is 117 Å². The molecule has 0 aliphatic heterocycles. The number of halogens is 3. The van der Waals surface area contributed by atoms with Crippen LogP contribution in [0.1, 0.15) is 30.1 Å². The first kappa shape index (κ1) is 13.6. The van der Waals surface area contributed by atoms with Crippen LogP contribution in [0.25, 0.3) is 0 Å². The maximum Gasteiger partial charge on any atom is 0.248 e. The minimum Gasteiger partial charge on any atom is -0.293 e. The number of anilines is 1. The van der Waals surface area contributed by atoms with E-state index in [-0.39, 0.29) is 11.5 Å². The maximum atomic E-state index is 13.4. The van der Waals surface area contributed by atoms with Crippen LogP contribution in [-0.2, 0) is 11.2 Å². The van der Waals surface area contributed by atoms with Gasteiger partial charge in [-0.3, -0.25) is 15.2 Å². The second-order valence-electron chi connectivity index (χ2n) is 4.90. The van der Waals surface area contributed by atoms with Gasteiger partial charge in [-0.05, 0) is 18.9 Å². The Balaban J connectivity index is 1.66. The molecule has 1 saturated carbocycles. The smallest absolute Gasteiger partial charge is 0.248 e. The number of aromatic amines is 1. The lowest BCUT2D eigenvalue weighted by Gasteiger charge is -2.04. The molecule has 3 rings (SSSR count). The van der Waals surface area contributed by atoms with E-state index in [2.05, 4.69) is 20.5 Å². The average Bonchev–Trinajstić information content (AvgIpc) is 3.17. The molecule has 0 atom stereocenters. The number of carbonyl (C=O) groups excluding carboxylic acids is 1. The normalized spacial score (nSPS) is 14.2. The summed E-state index contributed by atoms with van der Waals surface area (Å²) >= 11 is 0. The van der Waals surface area contributed by atoms with Crippen LogP contribution in [0.2, 0.25) is 0 Å². The highest BCUT2D eigenvalue weighted by atomic mass is 19.2. The molecular weight excluding hydrogens is 285 g/mol. The van der Waals surface area contributed by atoms with Gasteiger partial charge >= 0.3 is 0 Å². The van der Waals surface area contributed by atoms with Crippen LogP contribution in [0.15, 0.2) is 12.1 Å². The van der Waals surface area contributed by atoms with Crippen molar-refractivity contribution in [3.63, 3.8) is 0 Å². The first-order valence-corrected chi connectivity index (χ1v) is 6.38. The number of nitrogens with one attached hydrogen (secondary N) is 2. The van der Waals surface area contributed by atoms with Crippen molar-refractivity contribution in [1.29, 1.82) is 0 Å². The van der Waals surface area contributed by atoms with Crippen molar-refractivity contribution in [3.05, 3.63) is 41.0 Å². The predicted octanol–water partition coefficient (Wildman–Crippen LogP) is 2.28. The number of hydrogen-bond acceptors (Lipinski definition) is 3. The Morgan fingerprint density at radius 3 is 2.67 bits per heavy atom. The fourth-order valence-corrected chi connectivity index (χ4v) is 1.91. The molecule has 1 aromatic carbocycles. The van der Waals surface area contributed by atoms with Gasteiger partial charge in [0.1, 0.15) is 11.6 Å². The topological polar surface area (TPSA) is 70.7 Å². The van der Waals surface area contributed by atoms with Gasteiger partial charge in [0.2, 0.25) is 11.9 Å². The molecule has 1 fully saturated rings. The highest BCUT2D eigenvalue weighted by Crippen LogP contribution is 2.38. The Kier molecular flexibility index (Phi) is 3.36. The van der Waals surface area contributed by atoms with E-state index < -0.39 is 29.8 Å². The third-order valence-corrected chi connectivity index (χ3v) is 3.16. The maximum absolute atomic E-state index is 13.4. The van der Waals surface area contributed by atoms with Gasteiger partial charge in [0, 0.05) is 17.5 Å². The third kappa shape index (κ3) is 3.04. The Bertz CT molecular complexity index is 697. The zero-order chi connectivity index (χ0) is 15.0. The van der Waals surface area contributed by atoms with Crippen LogP contribution in [0.3, 0.4) is 0 Å². The highest BCUT2D eigenvalue weighted by molar-refractivity contribution is 5.90. The number of H-pyrrole nitrogens is 1. The van der Waals surface area contributed by atoms with Gasteiger partial charge < -0.3 is 0 Å². The summed E-state index contributed by atoms with van der Waals surface area (Å²) in [6, 6.07) is 1.08. The molecule has 2 N–H and O–H groups in total. The molecule has 2 aromatic rings. The monoisotopic (exact) mass is 296 g/mol. The van der Waals surface area contributed by atoms with Crippen LogP contribution in [0.5, 0.6) is 0 Å². The molecular formula is C13H11F3N4O. The standard InChI is InChI=1S/C13H11F3N4O/c14-8-5-10(16)9(15)3-7(8)4-11(21)17-13-18-12(19-20-13)6-1-2-6/h3,5-6H,1-2,4H2,(H2,17,18,19,20,21). The Morgan fingerprint density at radius 1 is 1.24 bits per heavy atom. The summed E-state index contributed by atoms with van der Waals surface area (Å²) in [5, 5.41) is 8.90. The minimum atomic E-state index is -1.29. The summed E-state index contributed by atoms with van der Waals surface area (Å²) in [6.45, 7) is 0. The molecule has 0 unspecified atom stereocenters. The van der Waals surface area contributed by atoms with Crippen LogP contribution in [0.4, 0.5) is 19.1 Å². The zero-order valence-electron chi connectivity index (χ0n) is 10.8. The van der Waals surface area contributed by atoms with Crippen LogP contribution >= 0.6 is 0 Å². The van der Waals surface area contributed by atoms with E-state index >= 15 is 0 Å². The predicted molar refractivity (Wildman–Crippen MR) is 67.0 cm³/mol. The average molecular weight is 296 g/mol. The molecule has 8 heteroatoms. The van der Waals surface area contributed by atoms with E-state index in [9.17, 15) is 18.0 Å².